The van der Waals surface area contributed by atoms with Gasteiger partial charge >= 0.3 is 0 Å². The maximum Gasteiger partial charge on any atom is 0.285 e. The maximum absolute atomic E-state index is 11.4. The van der Waals surface area contributed by atoms with Gasteiger partial charge in [-0.3, -0.25) is 20.1 Å². The van der Waals surface area contributed by atoms with E-state index in [-0.39, 0.29) is 11.3 Å². The van der Waals surface area contributed by atoms with Crippen LogP contribution in [-0.2, 0) is 0 Å². The van der Waals surface area contributed by atoms with Gasteiger partial charge in [-0.25, -0.2) is 5.06 Å². The number of carbonyl (C=O) groups is 1. The van der Waals surface area contributed by atoms with Gasteiger partial charge in [0.05, 0.1) is 4.92 Å². The van der Waals surface area contributed by atoms with Crippen molar-refractivity contribution >= 4 is 11.6 Å². The van der Waals surface area contributed by atoms with Crippen molar-refractivity contribution in [1.29, 1.82) is 0 Å². The van der Waals surface area contributed by atoms with Gasteiger partial charge in [-0.15, -0.1) is 0 Å². The van der Waals surface area contributed by atoms with Crippen LogP contribution in [0.3, 0.4) is 0 Å². The quantitative estimate of drug-likeness (QED) is 0.454. The van der Waals surface area contributed by atoms with Crippen LogP contribution in [0.1, 0.15) is 15.9 Å². The summed E-state index contributed by atoms with van der Waals surface area (Å²) in [6.45, 7) is 1.53. The second-order valence-electron chi connectivity index (χ2n) is 3.06. The molecule has 1 aromatic rings. The van der Waals surface area contributed by atoms with Crippen molar-refractivity contribution in [2.45, 2.75) is 6.92 Å². The van der Waals surface area contributed by atoms with E-state index in [0.29, 0.717) is 10.6 Å². The van der Waals surface area contributed by atoms with Gasteiger partial charge in [-0.2, -0.15) is 0 Å². The molecule has 0 radical (unpaired) electrons. The van der Waals surface area contributed by atoms with Gasteiger partial charge in [-0.05, 0) is 13.0 Å². The van der Waals surface area contributed by atoms with Crippen molar-refractivity contribution in [2.75, 3.05) is 7.05 Å². The molecule has 6 nitrogen and oxygen atoms in total. The van der Waals surface area contributed by atoms with Crippen molar-refractivity contribution < 1.29 is 14.9 Å². The summed E-state index contributed by atoms with van der Waals surface area (Å²) in [7, 11) is 1.12. The van der Waals surface area contributed by atoms with Crippen molar-refractivity contribution in [1.82, 2.24) is 5.06 Å². The zero-order valence-corrected chi connectivity index (χ0v) is 8.30. The number of hydrogen-bond donors (Lipinski definition) is 1. The van der Waals surface area contributed by atoms with Crippen LogP contribution in [0.2, 0.25) is 0 Å². The first-order chi connectivity index (χ1) is 6.95. The third kappa shape index (κ3) is 2.10. The van der Waals surface area contributed by atoms with Gasteiger partial charge in [-0.1, -0.05) is 12.1 Å². The summed E-state index contributed by atoms with van der Waals surface area (Å²) < 4.78 is 0. The highest BCUT2D eigenvalue weighted by atomic mass is 16.6. The predicted molar refractivity (Wildman–Crippen MR) is 51.7 cm³/mol. The molecule has 1 rings (SSSR count). The van der Waals surface area contributed by atoms with Gasteiger partial charge in [0.1, 0.15) is 5.56 Å². The van der Waals surface area contributed by atoms with Crippen molar-refractivity contribution in [3.63, 3.8) is 0 Å². The van der Waals surface area contributed by atoms with Gasteiger partial charge in [0, 0.05) is 12.6 Å². The second-order valence-corrected chi connectivity index (χ2v) is 3.06. The summed E-state index contributed by atoms with van der Waals surface area (Å²) in [5, 5.41) is 20.0. The largest absolute Gasteiger partial charge is 0.286 e. The minimum Gasteiger partial charge on any atom is -0.286 e. The standard InChI is InChI=1S/C9H10N2O4/c1-6-4-3-5-7(8(6)11(14)15)9(12)10(2)13/h3-5,13H,1-2H3. The third-order valence-electron chi connectivity index (χ3n) is 1.94. The van der Waals surface area contributed by atoms with Crippen LogP contribution in [0.4, 0.5) is 5.69 Å². The molecule has 0 bridgehead atoms. The zero-order chi connectivity index (χ0) is 11.6. The lowest BCUT2D eigenvalue weighted by Crippen LogP contribution is -2.23. The van der Waals surface area contributed by atoms with Gasteiger partial charge in [0.25, 0.3) is 11.6 Å². The summed E-state index contributed by atoms with van der Waals surface area (Å²) in [4.78, 5) is 21.5. The number of nitrogens with zero attached hydrogens (tertiary/aromatic N) is 2. The van der Waals surface area contributed by atoms with Gasteiger partial charge < -0.3 is 0 Å². The SMILES string of the molecule is Cc1cccc(C(=O)N(C)O)c1[N+](=O)[O-]. The predicted octanol–water partition coefficient (Wildman–Crippen LogP) is 1.36. The minimum atomic E-state index is -0.801. The lowest BCUT2D eigenvalue weighted by Gasteiger charge is -2.09. The molecule has 0 aliphatic rings. The first-order valence-corrected chi connectivity index (χ1v) is 4.16. The highest BCUT2D eigenvalue weighted by molar-refractivity contribution is 5.97. The molecule has 0 spiro atoms. The van der Waals surface area contributed by atoms with Crippen LogP contribution in [0.15, 0.2) is 18.2 Å². The molecule has 0 aliphatic carbocycles. The number of nitro benzene ring substituents is 1. The fraction of sp³-hybridized carbons (Fsp3) is 0.222. The molecule has 0 heterocycles. The summed E-state index contributed by atoms with van der Waals surface area (Å²) >= 11 is 0. The molecule has 0 aliphatic heterocycles. The molecule has 0 atom stereocenters. The Morgan fingerprint density at radius 1 is 1.53 bits per heavy atom. The number of amides is 1. The van der Waals surface area contributed by atoms with E-state index in [4.69, 9.17) is 5.21 Å². The average Bonchev–Trinajstić information content (AvgIpc) is 2.15. The first kappa shape index (κ1) is 11.1. The van der Waals surface area contributed by atoms with E-state index >= 15 is 0 Å². The molecule has 0 aromatic heterocycles. The lowest BCUT2D eigenvalue weighted by atomic mass is 10.1. The van der Waals surface area contributed by atoms with E-state index in [1.165, 1.54) is 25.1 Å². The van der Waals surface area contributed by atoms with Crippen molar-refractivity contribution in [2.24, 2.45) is 0 Å². The van der Waals surface area contributed by atoms with Crippen LogP contribution in [0.5, 0.6) is 0 Å². The smallest absolute Gasteiger partial charge is 0.285 e. The topological polar surface area (TPSA) is 83.7 Å². The molecule has 0 unspecified atom stereocenters. The number of carbonyl (C=O) groups excluding carboxylic acids is 1. The average molecular weight is 210 g/mol. The van der Waals surface area contributed by atoms with E-state index in [9.17, 15) is 14.9 Å². The van der Waals surface area contributed by atoms with Gasteiger partial charge in [0.15, 0.2) is 0 Å². The van der Waals surface area contributed by atoms with E-state index in [0.717, 1.165) is 7.05 Å². The Morgan fingerprint density at radius 3 is 2.60 bits per heavy atom. The Morgan fingerprint density at radius 2 is 2.13 bits per heavy atom. The summed E-state index contributed by atoms with van der Waals surface area (Å²) in [5.41, 5.74) is -0.0129. The number of rotatable bonds is 2. The molecular weight excluding hydrogens is 200 g/mol. The Bertz CT molecular complexity index is 415. The highest BCUT2D eigenvalue weighted by Gasteiger charge is 2.23. The Labute approximate surface area is 85.8 Å². The lowest BCUT2D eigenvalue weighted by molar-refractivity contribution is -0.385. The highest BCUT2D eigenvalue weighted by Crippen LogP contribution is 2.23. The van der Waals surface area contributed by atoms with Gasteiger partial charge in [0.2, 0.25) is 0 Å². The summed E-state index contributed by atoms with van der Waals surface area (Å²) in [6.07, 6.45) is 0. The van der Waals surface area contributed by atoms with Crippen LogP contribution >= 0.6 is 0 Å². The first-order valence-electron chi connectivity index (χ1n) is 4.16. The number of hydrogen-bond acceptors (Lipinski definition) is 4. The third-order valence-corrected chi connectivity index (χ3v) is 1.94. The number of para-hydroxylation sites is 1. The van der Waals surface area contributed by atoms with Crippen LogP contribution in [-0.4, -0.2) is 28.1 Å². The fourth-order valence-electron chi connectivity index (χ4n) is 1.25. The van der Waals surface area contributed by atoms with E-state index in [2.05, 4.69) is 0 Å². The second kappa shape index (κ2) is 4.05. The van der Waals surface area contributed by atoms with Crippen molar-refractivity contribution in [3.8, 4) is 0 Å². The molecular formula is C9H10N2O4. The fourth-order valence-corrected chi connectivity index (χ4v) is 1.25. The molecule has 1 amide bonds. The van der Waals surface area contributed by atoms with Crippen LogP contribution in [0.25, 0.3) is 0 Å². The molecule has 0 saturated heterocycles. The van der Waals surface area contributed by atoms with Crippen molar-refractivity contribution in [3.05, 3.63) is 39.4 Å². The summed E-state index contributed by atoms with van der Waals surface area (Å²) in [6, 6.07) is 4.37. The molecule has 0 saturated carbocycles. The Balaban J connectivity index is 3.35. The zero-order valence-electron chi connectivity index (χ0n) is 8.30. The monoisotopic (exact) mass is 210 g/mol. The molecule has 1 N–H and O–H groups in total. The molecule has 80 valence electrons. The normalized spacial score (nSPS) is 9.80. The Hall–Kier alpha value is -1.95. The number of aryl methyl sites for hydroxylation is 1. The number of nitro groups is 1. The van der Waals surface area contributed by atoms with Crippen LogP contribution < -0.4 is 0 Å². The minimum absolute atomic E-state index is 0.120. The number of benzene rings is 1. The molecule has 0 fully saturated rings. The Kier molecular flexibility index (Phi) is 3.01. The number of hydroxylamine groups is 2. The maximum atomic E-state index is 11.4. The molecule has 1 aromatic carbocycles. The van der Waals surface area contributed by atoms with E-state index in [1.807, 2.05) is 0 Å². The van der Waals surface area contributed by atoms with E-state index < -0.39 is 10.8 Å². The van der Waals surface area contributed by atoms with E-state index in [1.54, 1.807) is 0 Å². The molecule has 15 heavy (non-hydrogen) atoms. The molecule has 6 heteroatoms. The summed E-state index contributed by atoms with van der Waals surface area (Å²) in [5.74, 6) is -0.801. The van der Waals surface area contributed by atoms with Crippen LogP contribution in [0, 0.1) is 17.0 Å².